The second kappa shape index (κ2) is 9.41. The van der Waals surface area contributed by atoms with Gasteiger partial charge >= 0.3 is 0 Å². The second-order valence-corrected chi connectivity index (χ2v) is 10.7. The summed E-state index contributed by atoms with van der Waals surface area (Å²) in [5.74, 6) is -0.408. The lowest BCUT2D eigenvalue weighted by Gasteiger charge is -2.47. The third-order valence-corrected chi connectivity index (χ3v) is 8.44. The lowest BCUT2D eigenvalue weighted by atomic mass is 9.97. The van der Waals surface area contributed by atoms with Crippen LogP contribution in [0.5, 0.6) is 0 Å². The molecule has 1 N–H and O–H groups in total. The molecule has 11 heteroatoms. The summed E-state index contributed by atoms with van der Waals surface area (Å²) >= 11 is 1.36. The van der Waals surface area contributed by atoms with E-state index in [1.165, 1.54) is 17.4 Å². The fourth-order valence-electron chi connectivity index (χ4n) is 5.51. The van der Waals surface area contributed by atoms with Gasteiger partial charge in [0.25, 0.3) is 5.91 Å². The summed E-state index contributed by atoms with van der Waals surface area (Å²) in [6.45, 7) is 3.28. The van der Waals surface area contributed by atoms with E-state index < -0.39 is 0 Å². The van der Waals surface area contributed by atoms with Gasteiger partial charge in [-0.1, -0.05) is 0 Å². The Labute approximate surface area is 222 Å². The van der Waals surface area contributed by atoms with Crippen molar-refractivity contribution in [2.75, 3.05) is 26.2 Å². The van der Waals surface area contributed by atoms with Gasteiger partial charge in [0.15, 0.2) is 0 Å². The molecule has 2 aliphatic rings. The smallest absolute Gasteiger partial charge is 0.253 e. The monoisotopic (exact) mass is 528 g/mol. The molecule has 0 bridgehead atoms. The number of carbonyl (C=O) groups excluding carboxylic acids is 1. The van der Waals surface area contributed by atoms with Crippen LogP contribution in [0.1, 0.15) is 29.2 Å². The van der Waals surface area contributed by atoms with Crippen LogP contribution < -0.4 is 0 Å². The zero-order valence-corrected chi connectivity index (χ0v) is 21.3. The fraction of sp³-hybridized carbons (Fsp3) is 0.296. The quantitative estimate of drug-likeness (QED) is 0.367. The van der Waals surface area contributed by atoms with E-state index in [1.807, 2.05) is 28.0 Å². The van der Waals surface area contributed by atoms with E-state index in [9.17, 15) is 9.18 Å². The van der Waals surface area contributed by atoms with Crippen LogP contribution in [0, 0.1) is 5.82 Å². The number of aromatic nitrogens is 6. The number of nitrogens with one attached hydrogen (secondary N) is 1. The first kappa shape index (κ1) is 23.2. The molecule has 9 nitrogen and oxygen atoms in total. The summed E-state index contributed by atoms with van der Waals surface area (Å²) < 4.78 is 16.4. The number of benzene rings is 1. The van der Waals surface area contributed by atoms with E-state index in [0.29, 0.717) is 41.3 Å². The highest BCUT2D eigenvalue weighted by atomic mass is 32.1. The first-order chi connectivity index (χ1) is 18.6. The molecule has 7 rings (SSSR count). The van der Waals surface area contributed by atoms with Gasteiger partial charge in [-0.05, 0) is 37.1 Å². The highest BCUT2D eigenvalue weighted by Crippen LogP contribution is 2.31. The van der Waals surface area contributed by atoms with Crippen molar-refractivity contribution in [1.29, 1.82) is 0 Å². The Kier molecular flexibility index (Phi) is 5.74. The first-order valence-corrected chi connectivity index (χ1v) is 13.6. The molecule has 5 aromatic rings. The lowest BCUT2D eigenvalue weighted by molar-refractivity contribution is 0.0198. The standard InChI is InChI=1S/C27H25FN8OS/c28-23-2-1-17(11-22(23)26-30-7-10-38-26)27(37)34-8-4-19(5-9-34)35-14-20(15-35)36-13-18(12-33-36)24-21-3-6-29-25(21)32-16-31-24/h1-3,6-7,10-13,16,19-20H,4-5,8-9,14-15H2,(H,29,31,32). The summed E-state index contributed by atoms with van der Waals surface area (Å²) in [5.41, 5.74) is 3.58. The number of thiazole rings is 1. The number of nitrogens with zero attached hydrogens (tertiary/aromatic N) is 7. The molecule has 1 amide bonds. The number of H-pyrrole nitrogens is 1. The predicted molar refractivity (Wildman–Crippen MR) is 142 cm³/mol. The van der Waals surface area contributed by atoms with Crippen LogP contribution >= 0.6 is 11.3 Å². The molecule has 38 heavy (non-hydrogen) atoms. The van der Waals surface area contributed by atoms with Crippen LogP contribution in [-0.2, 0) is 0 Å². The minimum Gasteiger partial charge on any atom is -0.346 e. The minimum absolute atomic E-state index is 0.0481. The van der Waals surface area contributed by atoms with Gasteiger partial charge in [-0.15, -0.1) is 11.3 Å². The molecule has 0 unspecified atom stereocenters. The molecule has 1 aromatic carbocycles. The topological polar surface area (TPSA) is 95.8 Å². The Morgan fingerprint density at radius 2 is 1.95 bits per heavy atom. The maximum absolute atomic E-state index is 14.3. The number of hydrogen-bond acceptors (Lipinski definition) is 7. The van der Waals surface area contributed by atoms with Crippen LogP contribution in [-0.4, -0.2) is 77.6 Å². The van der Waals surface area contributed by atoms with Crippen molar-refractivity contribution >= 4 is 28.3 Å². The molecule has 192 valence electrons. The number of aromatic amines is 1. The Hall–Kier alpha value is -3.96. The SMILES string of the molecule is O=C(c1ccc(F)c(-c2nccs2)c1)N1CCC(N2CC(n3cc(-c4ncnc5[nH]ccc45)cn3)C2)CC1. The van der Waals surface area contributed by atoms with Gasteiger partial charge in [-0.3, -0.25) is 14.4 Å². The van der Waals surface area contributed by atoms with Crippen LogP contribution in [0.3, 0.4) is 0 Å². The molecule has 2 fully saturated rings. The number of piperidine rings is 1. The number of amides is 1. The van der Waals surface area contributed by atoms with E-state index >= 15 is 0 Å². The van der Waals surface area contributed by atoms with Gasteiger partial charge in [-0.25, -0.2) is 19.3 Å². The predicted octanol–water partition coefficient (Wildman–Crippen LogP) is 4.25. The Balaban J connectivity index is 0.956. The minimum atomic E-state index is -0.360. The molecule has 0 radical (unpaired) electrons. The number of hydrogen-bond donors (Lipinski definition) is 1. The molecule has 2 saturated heterocycles. The number of likely N-dealkylation sites (tertiary alicyclic amines) is 2. The molecule has 0 saturated carbocycles. The summed E-state index contributed by atoms with van der Waals surface area (Å²) in [7, 11) is 0. The Morgan fingerprint density at radius 1 is 1.08 bits per heavy atom. The van der Waals surface area contributed by atoms with Gasteiger partial charge in [-0.2, -0.15) is 5.10 Å². The zero-order chi connectivity index (χ0) is 25.6. The third-order valence-electron chi connectivity index (χ3n) is 7.64. The van der Waals surface area contributed by atoms with Gasteiger partial charge in [0.1, 0.15) is 22.8 Å². The first-order valence-electron chi connectivity index (χ1n) is 12.7. The number of fused-ring (bicyclic) bond motifs is 1. The van der Waals surface area contributed by atoms with Crippen LogP contribution in [0.15, 0.2) is 60.8 Å². The van der Waals surface area contributed by atoms with Crippen molar-refractivity contribution in [3.8, 4) is 21.8 Å². The van der Waals surface area contributed by atoms with Gasteiger partial charge in [0, 0.05) is 78.3 Å². The molecule has 0 spiro atoms. The highest BCUT2D eigenvalue weighted by molar-refractivity contribution is 7.13. The van der Waals surface area contributed by atoms with E-state index in [-0.39, 0.29) is 11.7 Å². The van der Waals surface area contributed by atoms with Crippen molar-refractivity contribution in [2.24, 2.45) is 0 Å². The van der Waals surface area contributed by atoms with Crippen LogP contribution in [0.4, 0.5) is 4.39 Å². The maximum Gasteiger partial charge on any atom is 0.253 e. The van der Waals surface area contributed by atoms with Crippen molar-refractivity contribution in [2.45, 2.75) is 24.9 Å². The highest BCUT2D eigenvalue weighted by Gasteiger charge is 2.36. The van der Waals surface area contributed by atoms with E-state index in [2.05, 4.69) is 36.1 Å². The van der Waals surface area contributed by atoms with E-state index in [1.54, 1.807) is 30.0 Å². The molecular weight excluding hydrogens is 503 g/mol. The van der Waals surface area contributed by atoms with Crippen molar-refractivity contribution in [3.05, 3.63) is 72.1 Å². The fourth-order valence-corrected chi connectivity index (χ4v) is 6.17. The average Bonchev–Trinajstić information content (AvgIpc) is 3.70. The summed E-state index contributed by atoms with van der Waals surface area (Å²) in [4.78, 5) is 33.6. The van der Waals surface area contributed by atoms with Crippen molar-refractivity contribution < 1.29 is 9.18 Å². The number of rotatable bonds is 5. The molecule has 2 aliphatic heterocycles. The van der Waals surface area contributed by atoms with E-state index in [0.717, 1.165) is 48.2 Å². The molecular formula is C27H25FN8OS. The van der Waals surface area contributed by atoms with E-state index in [4.69, 9.17) is 0 Å². The second-order valence-electron chi connectivity index (χ2n) is 9.83. The summed E-state index contributed by atoms with van der Waals surface area (Å²) in [6.07, 6.45) is 10.9. The normalized spacial score (nSPS) is 17.2. The summed E-state index contributed by atoms with van der Waals surface area (Å²) in [5, 5.41) is 8.00. The molecule has 0 atom stereocenters. The largest absolute Gasteiger partial charge is 0.346 e. The van der Waals surface area contributed by atoms with Crippen LogP contribution in [0.25, 0.3) is 32.9 Å². The molecule has 0 aliphatic carbocycles. The van der Waals surface area contributed by atoms with Gasteiger partial charge in [0.05, 0.1) is 17.9 Å². The average molecular weight is 529 g/mol. The number of halogens is 1. The molecule has 4 aromatic heterocycles. The Morgan fingerprint density at radius 3 is 2.76 bits per heavy atom. The molecule has 6 heterocycles. The van der Waals surface area contributed by atoms with Crippen molar-refractivity contribution in [3.63, 3.8) is 0 Å². The Bertz CT molecular complexity index is 1600. The summed E-state index contributed by atoms with van der Waals surface area (Å²) in [6, 6.07) is 7.33. The van der Waals surface area contributed by atoms with Gasteiger partial charge < -0.3 is 9.88 Å². The maximum atomic E-state index is 14.3. The zero-order valence-electron chi connectivity index (χ0n) is 20.5. The lowest BCUT2D eigenvalue weighted by Crippen LogP contribution is -2.56. The van der Waals surface area contributed by atoms with Crippen molar-refractivity contribution in [1.82, 2.24) is 39.5 Å². The number of carbonyl (C=O) groups is 1. The van der Waals surface area contributed by atoms with Gasteiger partial charge in [0.2, 0.25) is 0 Å². The third kappa shape index (κ3) is 4.07. The van der Waals surface area contributed by atoms with Crippen LogP contribution in [0.2, 0.25) is 0 Å².